The van der Waals surface area contributed by atoms with Gasteiger partial charge in [0.25, 0.3) is 0 Å². The van der Waals surface area contributed by atoms with Gasteiger partial charge < -0.3 is 23.9 Å². The molecule has 1 atom stereocenters. The average Bonchev–Trinajstić information content (AvgIpc) is 3.17. The van der Waals surface area contributed by atoms with Gasteiger partial charge in [0.15, 0.2) is 22.8 Å². The summed E-state index contributed by atoms with van der Waals surface area (Å²) in [5.74, 6) is 2.66. The zero-order chi connectivity index (χ0) is 20.8. The first-order valence-corrected chi connectivity index (χ1v) is 9.71. The van der Waals surface area contributed by atoms with Gasteiger partial charge in [-0.1, -0.05) is 24.3 Å². The van der Waals surface area contributed by atoms with Crippen LogP contribution in [0.1, 0.15) is 37.6 Å². The Bertz CT molecular complexity index is 979. The minimum Gasteiger partial charge on any atom is -0.493 e. The molecule has 29 heavy (non-hydrogen) atoms. The summed E-state index contributed by atoms with van der Waals surface area (Å²) in [4.78, 5) is 12.5. The molecule has 2 aromatic carbocycles. The van der Waals surface area contributed by atoms with E-state index in [9.17, 15) is 4.79 Å². The summed E-state index contributed by atoms with van der Waals surface area (Å²) in [7, 11) is 3.20. The molecule has 3 rings (SSSR count). The smallest absolute Gasteiger partial charge is 0.220 e. The summed E-state index contributed by atoms with van der Waals surface area (Å²) < 4.78 is 22.3. The van der Waals surface area contributed by atoms with E-state index in [0.717, 1.165) is 10.9 Å². The van der Waals surface area contributed by atoms with Gasteiger partial charge >= 0.3 is 0 Å². The second kappa shape index (κ2) is 9.37. The zero-order valence-corrected chi connectivity index (χ0v) is 17.3. The minimum absolute atomic E-state index is 0.0622. The third kappa shape index (κ3) is 4.65. The van der Waals surface area contributed by atoms with Crippen LogP contribution in [0.2, 0.25) is 0 Å². The Morgan fingerprint density at radius 3 is 2.59 bits per heavy atom. The second-order valence-electron chi connectivity index (χ2n) is 6.70. The molecular formula is C23H27NO5. The van der Waals surface area contributed by atoms with E-state index in [2.05, 4.69) is 5.32 Å². The minimum atomic E-state index is -0.253. The summed E-state index contributed by atoms with van der Waals surface area (Å²) in [6.45, 7) is 4.40. The van der Waals surface area contributed by atoms with Crippen LogP contribution < -0.4 is 19.5 Å². The monoisotopic (exact) mass is 397 g/mol. The first-order chi connectivity index (χ1) is 14.1. The molecule has 0 aliphatic carbocycles. The van der Waals surface area contributed by atoms with Crippen molar-refractivity contribution in [1.29, 1.82) is 0 Å². The summed E-state index contributed by atoms with van der Waals surface area (Å²) >= 11 is 0. The molecule has 0 radical (unpaired) electrons. The van der Waals surface area contributed by atoms with Crippen LogP contribution in [0.5, 0.6) is 17.2 Å². The normalized spacial score (nSPS) is 11.9. The number of methoxy groups -OCH3 is 2. The lowest BCUT2D eigenvalue weighted by atomic mass is 10.1. The van der Waals surface area contributed by atoms with Gasteiger partial charge in [0.2, 0.25) is 5.91 Å². The number of hydrogen-bond acceptors (Lipinski definition) is 5. The maximum absolute atomic E-state index is 12.5. The number of nitrogens with one attached hydrogen (secondary N) is 1. The Balaban J connectivity index is 1.65. The number of carbonyl (C=O) groups is 1. The number of fused-ring (bicyclic) bond motifs is 1. The van der Waals surface area contributed by atoms with Gasteiger partial charge in [0, 0.05) is 11.8 Å². The van der Waals surface area contributed by atoms with Crippen LogP contribution in [0.3, 0.4) is 0 Å². The third-order valence-electron chi connectivity index (χ3n) is 4.74. The number of para-hydroxylation sites is 2. The number of furan rings is 1. The van der Waals surface area contributed by atoms with Gasteiger partial charge in [-0.05, 0) is 44.0 Å². The van der Waals surface area contributed by atoms with Crippen molar-refractivity contribution in [3.05, 3.63) is 53.8 Å². The number of ether oxygens (including phenoxy) is 3. The molecule has 0 aliphatic rings. The Hall–Kier alpha value is -3.15. The number of carbonyl (C=O) groups excluding carboxylic acids is 1. The number of amides is 1. The highest BCUT2D eigenvalue weighted by molar-refractivity contribution is 5.84. The summed E-state index contributed by atoms with van der Waals surface area (Å²) in [5, 5.41) is 3.95. The molecule has 1 aromatic heterocycles. The molecule has 1 heterocycles. The van der Waals surface area contributed by atoms with E-state index in [-0.39, 0.29) is 11.9 Å². The van der Waals surface area contributed by atoms with E-state index < -0.39 is 0 Å². The highest BCUT2D eigenvalue weighted by Gasteiger charge is 2.17. The Morgan fingerprint density at radius 2 is 1.86 bits per heavy atom. The number of rotatable bonds is 9. The fraction of sp³-hybridized carbons (Fsp3) is 0.348. The second-order valence-corrected chi connectivity index (χ2v) is 6.70. The van der Waals surface area contributed by atoms with Crippen molar-refractivity contribution < 1.29 is 23.4 Å². The van der Waals surface area contributed by atoms with Crippen LogP contribution >= 0.6 is 0 Å². The zero-order valence-electron chi connectivity index (χ0n) is 17.3. The van der Waals surface area contributed by atoms with E-state index in [1.807, 2.05) is 56.3 Å². The molecule has 154 valence electrons. The molecule has 0 fully saturated rings. The van der Waals surface area contributed by atoms with Crippen LogP contribution in [0.25, 0.3) is 11.0 Å². The van der Waals surface area contributed by atoms with Gasteiger partial charge in [0.05, 0.1) is 26.9 Å². The first-order valence-electron chi connectivity index (χ1n) is 9.71. The summed E-state index contributed by atoms with van der Waals surface area (Å²) in [5.41, 5.74) is 1.63. The molecule has 0 saturated heterocycles. The molecule has 6 nitrogen and oxygen atoms in total. The molecule has 0 saturated carbocycles. The van der Waals surface area contributed by atoms with Crippen molar-refractivity contribution in [3.63, 3.8) is 0 Å². The highest BCUT2D eigenvalue weighted by atomic mass is 16.5. The van der Waals surface area contributed by atoms with E-state index in [1.54, 1.807) is 14.2 Å². The Kier molecular flexibility index (Phi) is 6.65. The van der Waals surface area contributed by atoms with Gasteiger partial charge in [0.1, 0.15) is 5.76 Å². The molecule has 1 amide bonds. The van der Waals surface area contributed by atoms with E-state index in [4.69, 9.17) is 18.6 Å². The van der Waals surface area contributed by atoms with E-state index in [0.29, 0.717) is 48.0 Å². The molecule has 0 spiro atoms. The van der Waals surface area contributed by atoms with Crippen molar-refractivity contribution in [2.45, 2.75) is 32.7 Å². The third-order valence-corrected chi connectivity index (χ3v) is 4.74. The molecular weight excluding hydrogens is 370 g/mol. The fourth-order valence-electron chi connectivity index (χ4n) is 3.32. The lowest BCUT2D eigenvalue weighted by molar-refractivity contribution is -0.121. The number of aryl methyl sites for hydroxylation is 1. The van der Waals surface area contributed by atoms with Crippen LogP contribution in [-0.2, 0) is 11.2 Å². The maximum atomic E-state index is 12.5. The van der Waals surface area contributed by atoms with Crippen LogP contribution in [0.4, 0.5) is 0 Å². The number of benzene rings is 2. The van der Waals surface area contributed by atoms with Crippen molar-refractivity contribution in [2.75, 3.05) is 20.8 Å². The van der Waals surface area contributed by atoms with Crippen LogP contribution in [0.15, 0.2) is 46.9 Å². The van der Waals surface area contributed by atoms with Crippen LogP contribution in [-0.4, -0.2) is 26.7 Å². The lowest BCUT2D eigenvalue weighted by Gasteiger charge is -2.14. The molecule has 1 N–H and O–H groups in total. The molecule has 6 heteroatoms. The molecule has 0 aliphatic heterocycles. The van der Waals surface area contributed by atoms with Gasteiger partial charge in [-0.25, -0.2) is 0 Å². The number of hydrogen-bond donors (Lipinski definition) is 1. The first kappa shape index (κ1) is 20.6. The predicted molar refractivity (Wildman–Crippen MR) is 112 cm³/mol. The quantitative estimate of drug-likeness (QED) is 0.569. The summed E-state index contributed by atoms with van der Waals surface area (Å²) in [6.07, 6.45) is 0.881. The molecule has 3 aromatic rings. The van der Waals surface area contributed by atoms with Gasteiger partial charge in [-0.3, -0.25) is 4.79 Å². The average molecular weight is 397 g/mol. The van der Waals surface area contributed by atoms with Gasteiger partial charge in [-0.2, -0.15) is 0 Å². The standard InChI is InChI=1S/C23H27NO5/c1-5-28-19-11-7-9-17-14-20(29-23(17)19)15(2)24-21(25)13-12-16-8-6-10-18(26-3)22(16)27-4/h6-11,14-15H,5,12-13H2,1-4H3,(H,24,25). The van der Waals surface area contributed by atoms with E-state index in [1.165, 1.54) is 0 Å². The lowest BCUT2D eigenvalue weighted by Crippen LogP contribution is -2.26. The van der Waals surface area contributed by atoms with Crippen LogP contribution in [0, 0.1) is 0 Å². The highest BCUT2D eigenvalue weighted by Crippen LogP contribution is 2.32. The maximum Gasteiger partial charge on any atom is 0.220 e. The van der Waals surface area contributed by atoms with Crippen molar-refractivity contribution in [3.8, 4) is 17.2 Å². The topological polar surface area (TPSA) is 69.9 Å². The van der Waals surface area contributed by atoms with Crippen molar-refractivity contribution >= 4 is 16.9 Å². The van der Waals surface area contributed by atoms with Crippen molar-refractivity contribution in [1.82, 2.24) is 5.32 Å². The van der Waals surface area contributed by atoms with Crippen molar-refractivity contribution in [2.24, 2.45) is 0 Å². The Labute approximate surface area is 170 Å². The predicted octanol–water partition coefficient (Wildman–Crippen LogP) is 4.66. The van der Waals surface area contributed by atoms with Gasteiger partial charge in [-0.15, -0.1) is 0 Å². The molecule has 0 bridgehead atoms. The SMILES string of the molecule is CCOc1cccc2cc(C(C)NC(=O)CCc3cccc(OC)c3OC)oc12. The Morgan fingerprint density at radius 1 is 1.10 bits per heavy atom. The van der Waals surface area contributed by atoms with E-state index >= 15 is 0 Å². The summed E-state index contributed by atoms with van der Waals surface area (Å²) in [6, 6.07) is 13.1. The fourth-order valence-corrected chi connectivity index (χ4v) is 3.32. The largest absolute Gasteiger partial charge is 0.493 e. The molecule has 1 unspecified atom stereocenters.